The summed E-state index contributed by atoms with van der Waals surface area (Å²) in [6.07, 6.45) is 3.54. The summed E-state index contributed by atoms with van der Waals surface area (Å²) in [6.45, 7) is 5.24. The Balaban J connectivity index is 0.000000156. The number of aromatic nitrogens is 4. The van der Waals surface area contributed by atoms with Crippen LogP contribution in [0.4, 0.5) is 21.5 Å². The van der Waals surface area contributed by atoms with E-state index in [1.807, 2.05) is 84.8 Å². The highest BCUT2D eigenvalue weighted by atomic mass is 19.1. The molecule has 7 aromatic rings. The quantitative estimate of drug-likeness (QED) is 0.102. The Bertz CT molecular complexity index is 2390. The van der Waals surface area contributed by atoms with E-state index in [0.29, 0.717) is 22.6 Å². The van der Waals surface area contributed by atoms with Crippen LogP contribution >= 0.6 is 0 Å². The fraction of sp³-hybridized carbons (Fsp3) is 0.135. The molecule has 2 heterocycles. The van der Waals surface area contributed by atoms with E-state index in [1.54, 1.807) is 25.6 Å². The van der Waals surface area contributed by atoms with Crippen molar-refractivity contribution >= 4 is 39.1 Å². The second-order valence-electron chi connectivity index (χ2n) is 11.6. The average molecular weight is 692 g/mol. The maximum atomic E-state index is 12.5. The Hall–Kier alpha value is -6.83. The summed E-state index contributed by atoms with van der Waals surface area (Å²) >= 11 is 0. The molecule has 0 atom stereocenters. The molecule has 2 aromatic heterocycles. The fourth-order valence-electron chi connectivity index (χ4n) is 5.00. The molecule has 0 aliphatic rings. The number of hydrogen-bond donors (Lipinski definition) is 1. The van der Waals surface area contributed by atoms with Crippen molar-refractivity contribution in [2.75, 3.05) is 5.73 Å². The van der Waals surface area contributed by atoms with E-state index in [1.165, 1.54) is 25.1 Å². The molecule has 0 bridgehead atoms. The van der Waals surface area contributed by atoms with Gasteiger partial charge < -0.3 is 24.3 Å². The van der Waals surface area contributed by atoms with Crippen LogP contribution in [-0.4, -0.2) is 28.9 Å². The first kappa shape index (κ1) is 35.5. The van der Waals surface area contributed by atoms with Crippen molar-refractivity contribution in [2.24, 2.45) is 14.1 Å². The van der Waals surface area contributed by atoms with Crippen molar-refractivity contribution < 1.29 is 23.7 Å². The van der Waals surface area contributed by atoms with Crippen LogP contribution in [0.5, 0.6) is 23.0 Å². The Labute approximate surface area is 291 Å². The van der Waals surface area contributed by atoms with Crippen LogP contribution in [0.15, 0.2) is 104 Å². The lowest BCUT2D eigenvalue weighted by Gasteiger charge is -2.09. The molecule has 0 amide bonds. The summed E-state index contributed by atoms with van der Waals surface area (Å²) in [4.78, 5) is 28.5. The average Bonchev–Trinajstić information content (AvgIpc) is 3.65. The third kappa shape index (κ3) is 8.61. The topological polar surface area (TPSA) is 166 Å². The van der Waals surface area contributed by atoms with Crippen LogP contribution in [0.25, 0.3) is 22.1 Å². The number of nitrogens with zero attached hydrogens (tertiary/aromatic N) is 6. The number of imidazole rings is 2. The maximum Gasteiger partial charge on any atom is 0.269 e. The van der Waals surface area contributed by atoms with Crippen LogP contribution in [-0.2, 0) is 14.1 Å². The van der Waals surface area contributed by atoms with Gasteiger partial charge in [0.05, 0.1) is 44.6 Å². The molecule has 0 radical (unpaired) electrons. The molecule has 260 valence electrons. The minimum atomic E-state index is -0.549. The van der Waals surface area contributed by atoms with E-state index < -0.39 is 15.7 Å². The number of hydrogen-bond acceptors (Lipinski definition) is 9. The van der Waals surface area contributed by atoms with Crippen LogP contribution in [0.1, 0.15) is 16.7 Å². The van der Waals surface area contributed by atoms with E-state index in [4.69, 9.17) is 15.2 Å². The Morgan fingerprint density at radius 2 is 1.08 bits per heavy atom. The zero-order chi connectivity index (χ0) is 36.8. The van der Waals surface area contributed by atoms with E-state index in [-0.39, 0.29) is 11.4 Å². The van der Waals surface area contributed by atoms with Crippen molar-refractivity contribution in [3.63, 3.8) is 0 Å². The molecular formula is C37H34FN7O6. The van der Waals surface area contributed by atoms with E-state index in [9.17, 15) is 24.6 Å². The molecule has 5 aromatic carbocycles. The third-order valence-corrected chi connectivity index (χ3v) is 7.77. The summed E-state index contributed by atoms with van der Waals surface area (Å²) in [6, 6.07) is 25.1. The number of ether oxygens (including phenoxy) is 2. The Morgan fingerprint density at radius 1 is 0.627 bits per heavy atom. The standard InChI is InChI=1S/C15H13N3O3.C15H15N3O.C7H6FNO2/c1-10-7-11(18(19)20)3-6-15(10)21-12-4-5-14-13(8-12)16-9-17(14)2;1-10-7-11(16)3-6-15(10)19-12-4-5-14-13(8-12)17-9-18(14)2;1-5-4-6(9(10)11)2-3-7(5)8/h3-9H,1-2H3;3-9H,16H2,1-2H3;2-4H,1H3. The lowest BCUT2D eigenvalue weighted by Crippen LogP contribution is -1.92. The zero-order valence-electron chi connectivity index (χ0n) is 28.4. The number of non-ortho nitro benzene ring substituents is 2. The summed E-state index contributed by atoms with van der Waals surface area (Å²) < 4.78 is 28.1. The largest absolute Gasteiger partial charge is 0.457 e. The molecule has 0 spiro atoms. The van der Waals surface area contributed by atoms with Gasteiger partial charge in [-0.2, -0.15) is 0 Å². The summed E-state index contributed by atoms with van der Waals surface area (Å²) in [7, 11) is 3.90. The number of fused-ring (bicyclic) bond motifs is 2. The molecule has 13 nitrogen and oxygen atoms in total. The molecule has 14 heteroatoms. The molecule has 0 saturated carbocycles. The third-order valence-electron chi connectivity index (χ3n) is 7.77. The van der Waals surface area contributed by atoms with Crippen molar-refractivity contribution in [3.8, 4) is 23.0 Å². The van der Waals surface area contributed by atoms with Gasteiger partial charge in [0.2, 0.25) is 0 Å². The molecule has 0 aliphatic heterocycles. The van der Waals surface area contributed by atoms with E-state index in [0.717, 1.165) is 56.9 Å². The van der Waals surface area contributed by atoms with Gasteiger partial charge in [-0.1, -0.05) is 0 Å². The van der Waals surface area contributed by atoms with Gasteiger partial charge in [0.1, 0.15) is 28.8 Å². The number of nitrogens with two attached hydrogens (primary N) is 1. The van der Waals surface area contributed by atoms with Crippen molar-refractivity contribution in [1.82, 2.24) is 19.1 Å². The van der Waals surface area contributed by atoms with Gasteiger partial charge in [-0.25, -0.2) is 14.4 Å². The van der Waals surface area contributed by atoms with Gasteiger partial charge >= 0.3 is 0 Å². The summed E-state index contributed by atoms with van der Waals surface area (Å²) in [5, 5.41) is 20.9. The lowest BCUT2D eigenvalue weighted by atomic mass is 10.2. The molecule has 51 heavy (non-hydrogen) atoms. The van der Waals surface area contributed by atoms with Crippen molar-refractivity contribution in [3.05, 3.63) is 146 Å². The van der Waals surface area contributed by atoms with Crippen LogP contribution < -0.4 is 15.2 Å². The number of halogens is 1. The van der Waals surface area contributed by atoms with Crippen molar-refractivity contribution in [2.45, 2.75) is 20.8 Å². The smallest absolute Gasteiger partial charge is 0.269 e. The molecule has 0 saturated heterocycles. The number of nitro benzene ring substituents is 2. The normalized spacial score (nSPS) is 10.5. The highest BCUT2D eigenvalue weighted by Crippen LogP contribution is 2.30. The summed E-state index contributed by atoms with van der Waals surface area (Å²) in [5.74, 6) is 2.41. The van der Waals surface area contributed by atoms with Gasteiger partial charge in [-0.15, -0.1) is 0 Å². The van der Waals surface area contributed by atoms with Crippen LogP contribution in [0, 0.1) is 46.8 Å². The van der Waals surface area contributed by atoms with Gasteiger partial charge in [-0.05, 0) is 92.1 Å². The Morgan fingerprint density at radius 3 is 1.53 bits per heavy atom. The van der Waals surface area contributed by atoms with E-state index in [2.05, 4.69) is 9.97 Å². The van der Waals surface area contributed by atoms with Crippen molar-refractivity contribution in [1.29, 1.82) is 0 Å². The van der Waals surface area contributed by atoms with Crippen LogP contribution in [0.2, 0.25) is 0 Å². The number of nitrogen functional groups attached to an aromatic ring is 1. The first-order valence-corrected chi connectivity index (χ1v) is 15.5. The second-order valence-corrected chi connectivity index (χ2v) is 11.6. The van der Waals surface area contributed by atoms with Crippen LogP contribution in [0.3, 0.4) is 0 Å². The maximum absolute atomic E-state index is 12.5. The fourth-order valence-corrected chi connectivity index (χ4v) is 5.00. The predicted molar refractivity (Wildman–Crippen MR) is 193 cm³/mol. The van der Waals surface area contributed by atoms with Gasteiger partial charge in [-0.3, -0.25) is 20.2 Å². The molecule has 0 unspecified atom stereocenters. The number of anilines is 1. The first-order valence-electron chi connectivity index (χ1n) is 15.5. The second kappa shape index (κ2) is 15.2. The molecule has 2 N–H and O–H groups in total. The molecule has 7 rings (SSSR count). The number of aryl methyl sites for hydroxylation is 5. The Kier molecular flexibility index (Phi) is 10.5. The number of benzene rings is 5. The molecular weight excluding hydrogens is 657 g/mol. The van der Waals surface area contributed by atoms with E-state index >= 15 is 0 Å². The molecule has 0 aliphatic carbocycles. The van der Waals surface area contributed by atoms with Gasteiger partial charge in [0.15, 0.2) is 0 Å². The zero-order valence-corrected chi connectivity index (χ0v) is 28.4. The van der Waals surface area contributed by atoms with Gasteiger partial charge in [0.25, 0.3) is 11.4 Å². The predicted octanol–water partition coefficient (Wildman–Crippen LogP) is 8.88. The SMILES string of the molecule is Cc1cc(N)ccc1Oc1ccc2c(c1)ncn2C.Cc1cc([N+](=O)[O-])ccc1F.Cc1cc([N+](=O)[O-])ccc1Oc1ccc2c(c1)ncn2C. The highest BCUT2D eigenvalue weighted by molar-refractivity contribution is 5.77. The summed E-state index contributed by atoms with van der Waals surface area (Å²) in [5.41, 5.74) is 12.3. The number of nitro groups is 2. The monoisotopic (exact) mass is 691 g/mol. The lowest BCUT2D eigenvalue weighted by molar-refractivity contribution is -0.385. The minimum absolute atomic E-state index is 0.0556. The highest BCUT2D eigenvalue weighted by Gasteiger charge is 2.11. The number of rotatable bonds is 6. The minimum Gasteiger partial charge on any atom is -0.457 e. The first-order chi connectivity index (χ1) is 24.3. The van der Waals surface area contributed by atoms with Gasteiger partial charge in [0, 0.05) is 56.2 Å². The molecule has 0 fully saturated rings.